The maximum atomic E-state index is 9.07. The monoisotopic (exact) mass is 182 g/mol. The van der Waals surface area contributed by atoms with Gasteiger partial charge in [-0.1, -0.05) is 38.8 Å². The fourth-order valence-electron chi connectivity index (χ4n) is 1.28. The number of hydrogen-bond donors (Lipinski definition) is 1. The van der Waals surface area contributed by atoms with E-state index in [2.05, 4.69) is 13.0 Å². The number of unbranched alkanes of at least 4 members (excludes halogenated alkanes) is 1. The molecular formula is C12H22O. The van der Waals surface area contributed by atoms with E-state index in [0.717, 1.165) is 12.8 Å². The van der Waals surface area contributed by atoms with Gasteiger partial charge in [-0.05, 0) is 25.3 Å². The lowest BCUT2D eigenvalue weighted by Gasteiger charge is -2.09. The minimum atomic E-state index is 0.533. The maximum Gasteiger partial charge on any atom is 0.0925 e. The molecule has 0 amide bonds. The lowest BCUT2D eigenvalue weighted by Crippen LogP contribution is -1.92. The first-order valence-corrected chi connectivity index (χ1v) is 5.40. The van der Waals surface area contributed by atoms with Crippen LogP contribution < -0.4 is 0 Å². The van der Waals surface area contributed by atoms with Crippen LogP contribution in [0.5, 0.6) is 0 Å². The molecule has 0 heterocycles. The van der Waals surface area contributed by atoms with Crippen molar-refractivity contribution in [1.29, 1.82) is 0 Å². The summed E-state index contributed by atoms with van der Waals surface area (Å²) in [5, 5.41) is 9.07. The first-order chi connectivity index (χ1) is 6.33. The normalized spacial score (nSPS) is 15.3. The number of aliphatic hydroxyl groups is 1. The molecule has 0 aliphatic heterocycles. The lowest BCUT2D eigenvalue weighted by atomic mass is 9.99. The molecule has 0 saturated heterocycles. The van der Waals surface area contributed by atoms with E-state index in [4.69, 9.17) is 5.11 Å². The Balaban J connectivity index is 0.000000671. The van der Waals surface area contributed by atoms with Gasteiger partial charge < -0.3 is 5.11 Å². The first-order valence-electron chi connectivity index (χ1n) is 5.40. The van der Waals surface area contributed by atoms with Crippen LogP contribution in [0.2, 0.25) is 0 Å². The first kappa shape index (κ1) is 12.3. The van der Waals surface area contributed by atoms with Crippen LogP contribution in [0.3, 0.4) is 0 Å². The van der Waals surface area contributed by atoms with Crippen molar-refractivity contribution in [2.75, 3.05) is 0 Å². The molecule has 0 radical (unpaired) electrons. The van der Waals surface area contributed by atoms with Gasteiger partial charge in [0, 0.05) is 6.42 Å². The van der Waals surface area contributed by atoms with Gasteiger partial charge in [0.15, 0.2) is 0 Å². The van der Waals surface area contributed by atoms with E-state index in [1.807, 2.05) is 19.9 Å². The molecule has 0 atom stereocenters. The van der Waals surface area contributed by atoms with Crippen molar-refractivity contribution >= 4 is 0 Å². The molecule has 0 aromatic heterocycles. The molecule has 1 rings (SSSR count). The molecule has 1 aliphatic rings. The Morgan fingerprint density at radius 3 is 2.38 bits per heavy atom. The van der Waals surface area contributed by atoms with Crippen LogP contribution >= 0.6 is 0 Å². The molecule has 0 bridgehead atoms. The van der Waals surface area contributed by atoms with Gasteiger partial charge in [-0.25, -0.2) is 0 Å². The van der Waals surface area contributed by atoms with E-state index in [1.54, 1.807) is 0 Å². The topological polar surface area (TPSA) is 20.2 Å². The highest BCUT2D eigenvalue weighted by Crippen LogP contribution is 2.20. The van der Waals surface area contributed by atoms with E-state index in [-0.39, 0.29) is 0 Å². The molecule has 0 aromatic rings. The molecule has 76 valence electrons. The Kier molecular flexibility index (Phi) is 7.47. The molecular weight excluding hydrogens is 160 g/mol. The third-order valence-corrected chi connectivity index (χ3v) is 2.07. The Bertz CT molecular complexity index is 178. The summed E-state index contributed by atoms with van der Waals surface area (Å²) < 4.78 is 0. The highest BCUT2D eigenvalue weighted by molar-refractivity contribution is 5.20. The molecule has 13 heavy (non-hydrogen) atoms. The molecule has 1 nitrogen and oxygen atoms in total. The zero-order valence-electron chi connectivity index (χ0n) is 9.14. The Morgan fingerprint density at radius 2 is 1.92 bits per heavy atom. The molecule has 1 N–H and O–H groups in total. The number of aliphatic hydroxyl groups excluding tert-OH is 1. The molecule has 0 saturated carbocycles. The van der Waals surface area contributed by atoms with Gasteiger partial charge >= 0.3 is 0 Å². The van der Waals surface area contributed by atoms with Crippen LogP contribution in [0, 0.1) is 0 Å². The smallest absolute Gasteiger partial charge is 0.0925 e. The lowest BCUT2D eigenvalue weighted by molar-refractivity contribution is 0.384. The summed E-state index contributed by atoms with van der Waals surface area (Å²) in [5.41, 5.74) is 1.49. The maximum absolute atomic E-state index is 9.07. The largest absolute Gasteiger partial charge is 0.512 e. The predicted molar refractivity (Wildman–Crippen MR) is 58.9 cm³/mol. The van der Waals surface area contributed by atoms with Crippen molar-refractivity contribution < 1.29 is 5.11 Å². The van der Waals surface area contributed by atoms with Gasteiger partial charge in [0.25, 0.3) is 0 Å². The summed E-state index contributed by atoms with van der Waals surface area (Å²) in [7, 11) is 0. The summed E-state index contributed by atoms with van der Waals surface area (Å²) in [6.45, 7) is 6.21. The Labute approximate surface area is 82.2 Å². The van der Waals surface area contributed by atoms with Crippen molar-refractivity contribution in [2.45, 2.75) is 52.9 Å². The SMILES string of the molecule is CC.CCCCC1=CC=C(O)CC1. The second kappa shape index (κ2) is 7.90. The van der Waals surface area contributed by atoms with E-state index >= 15 is 0 Å². The van der Waals surface area contributed by atoms with Crippen LogP contribution in [0.15, 0.2) is 23.5 Å². The molecule has 1 heteroatoms. The fourth-order valence-corrected chi connectivity index (χ4v) is 1.28. The van der Waals surface area contributed by atoms with Gasteiger partial charge in [0.2, 0.25) is 0 Å². The summed E-state index contributed by atoms with van der Waals surface area (Å²) in [5.74, 6) is 0.533. The van der Waals surface area contributed by atoms with Gasteiger partial charge in [0.1, 0.15) is 0 Å². The van der Waals surface area contributed by atoms with E-state index in [0.29, 0.717) is 5.76 Å². The van der Waals surface area contributed by atoms with Crippen LogP contribution in [0.25, 0.3) is 0 Å². The standard InChI is InChI=1S/C10H16O.C2H6/c1-2-3-4-9-5-7-10(11)8-6-9;1-2/h5,7,11H,2-4,6,8H2,1H3;1-2H3. The van der Waals surface area contributed by atoms with Gasteiger partial charge in [0.05, 0.1) is 5.76 Å². The Morgan fingerprint density at radius 1 is 1.23 bits per heavy atom. The summed E-state index contributed by atoms with van der Waals surface area (Å²) in [6.07, 6.45) is 9.54. The number of rotatable bonds is 3. The molecule has 0 aromatic carbocycles. The minimum absolute atomic E-state index is 0.533. The van der Waals surface area contributed by atoms with E-state index < -0.39 is 0 Å². The second-order valence-electron chi connectivity index (χ2n) is 3.09. The van der Waals surface area contributed by atoms with E-state index in [9.17, 15) is 0 Å². The van der Waals surface area contributed by atoms with Crippen molar-refractivity contribution in [1.82, 2.24) is 0 Å². The molecule has 0 unspecified atom stereocenters. The highest BCUT2D eigenvalue weighted by Gasteiger charge is 2.03. The molecule has 0 fully saturated rings. The zero-order valence-corrected chi connectivity index (χ0v) is 9.14. The highest BCUT2D eigenvalue weighted by atomic mass is 16.3. The quantitative estimate of drug-likeness (QED) is 0.687. The van der Waals surface area contributed by atoms with Crippen molar-refractivity contribution in [3.8, 4) is 0 Å². The van der Waals surface area contributed by atoms with Crippen LogP contribution in [-0.4, -0.2) is 5.11 Å². The van der Waals surface area contributed by atoms with Gasteiger partial charge in [-0.15, -0.1) is 0 Å². The predicted octanol–water partition coefficient (Wildman–Crippen LogP) is 4.36. The van der Waals surface area contributed by atoms with Crippen molar-refractivity contribution in [3.05, 3.63) is 23.5 Å². The number of allylic oxidation sites excluding steroid dienone is 4. The van der Waals surface area contributed by atoms with Gasteiger partial charge in [-0.3, -0.25) is 0 Å². The fraction of sp³-hybridized carbons (Fsp3) is 0.667. The average molecular weight is 182 g/mol. The van der Waals surface area contributed by atoms with Crippen LogP contribution in [0.1, 0.15) is 52.9 Å². The molecule has 0 spiro atoms. The third kappa shape index (κ3) is 5.51. The van der Waals surface area contributed by atoms with Crippen LogP contribution in [-0.2, 0) is 0 Å². The van der Waals surface area contributed by atoms with Crippen molar-refractivity contribution in [2.24, 2.45) is 0 Å². The molecule has 1 aliphatic carbocycles. The van der Waals surface area contributed by atoms with Gasteiger partial charge in [-0.2, -0.15) is 0 Å². The minimum Gasteiger partial charge on any atom is -0.512 e. The summed E-state index contributed by atoms with van der Waals surface area (Å²) >= 11 is 0. The summed E-state index contributed by atoms with van der Waals surface area (Å²) in [4.78, 5) is 0. The zero-order chi connectivity index (χ0) is 10.1. The Hall–Kier alpha value is -0.720. The number of hydrogen-bond acceptors (Lipinski definition) is 1. The third-order valence-electron chi connectivity index (χ3n) is 2.07. The van der Waals surface area contributed by atoms with Crippen LogP contribution in [0.4, 0.5) is 0 Å². The summed E-state index contributed by atoms with van der Waals surface area (Å²) in [6, 6.07) is 0. The van der Waals surface area contributed by atoms with Crippen molar-refractivity contribution in [3.63, 3.8) is 0 Å². The average Bonchev–Trinajstić information content (AvgIpc) is 2.20. The second-order valence-corrected chi connectivity index (χ2v) is 3.09. The van der Waals surface area contributed by atoms with E-state index in [1.165, 1.54) is 24.8 Å².